The number of alkyl halides is 3. The molecule has 102 valence electrons. The number of nitrogens with two attached hydrogens (primary N) is 1. The monoisotopic (exact) mass is 260 g/mol. The Kier molecular flexibility index (Phi) is 5.02. The Labute approximate surface area is 106 Å². The average molecular weight is 260 g/mol. The molecule has 0 saturated heterocycles. The summed E-state index contributed by atoms with van der Waals surface area (Å²) in [6.07, 6.45) is -2.28. The van der Waals surface area contributed by atoms with Crippen LogP contribution < -0.4 is 10.6 Å². The Balaban J connectivity index is 2.98. The van der Waals surface area contributed by atoms with Crippen molar-refractivity contribution in [1.29, 1.82) is 0 Å². The number of rotatable bonds is 5. The summed E-state index contributed by atoms with van der Waals surface area (Å²) in [6.45, 7) is 2.79. The van der Waals surface area contributed by atoms with Gasteiger partial charge in [0.25, 0.3) is 0 Å². The molecule has 5 heteroatoms. The fraction of sp³-hybridized carbons (Fsp3) is 0.538. The summed E-state index contributed by atoms with van der Waals surface area (Å²) in [5.41, 5.74) is 5.67. The molecule has 0 unspecified atom stereocenters. The van der Waals surface area contributed by atoms with E-state index in [9.17, 15) is 13.2 Å². The zero-order valence-electron chi connectivity index (χ0n) is 10.7. The molecule has 0 aliphatic rings. The van der Waals surface area contributed by atoms with Gasteiger partial charge in [0, 0.05) is 25.8 Å². The quantitative estimate of drug-likeness (QED) is 0.879. The lowest BCUT2D eigenvalue weighted by Gasteiger charge is -2.21. The predicted molar refractivity (Wildman–Crippen MR) is 67.5 cm³/mol. The smallest absolute Gasteiger partial charge is 0.375 e. The number of hydrogen-bond acceptors (Lipinski definition) is 2. The first-order valence-corrected chi connectivity index (χ1v) is 6.01. The van der Waals surface area contributed by atoms with Crippen molar-refractivity contribution in [2.24, 2.45) is 5.73 Å². The number of nitrogens with zero attached hydrogens (tertiary/aromatic N) is 1. The van der Waals surface area contributed by atoms with Crippen molar-refractivity contribution in [3.8, 4) is 0 Å². The van der Waals surface area contributed by atoms with Crippen molar-refractivity contribution in [3.05, 3.63) is 29.3 Å². The predicted octanol–water partition coefficient (Wildman–Crippen LogP) is 3.40. The lowest BCUT2D eigenvalue weighted by molar-refractivity contribution is -0.138. The molecule has 1 aromatic rings. The number of anilines is 1. The van der Waals surface area contributed by atoms with Crippen LogP contribution in [0, 0.1) is 0 Å². The molecular formula is C13H19F3N2. The lowest BCUT2D eigenvalue weighted by atomic mass is 10.1. The molecule has 0 radical (unpaired) electrons. The van der Waals surface area contributed by atoms with Crippen molar-refractivity contribution in [3.63, 3.8) is 0 Å². The summed E-state index contributed by atoms with van der Waals surface area (Å²) in [4.78, 5) is 1.95. The molecule has 0 saturated carbocycles. The Morgan fingerprint density at radius 2 is 1.94 bits per heavy atom. The van der Waals surface area contributed by atoms with Gasteiger partial charge in [-0.05, 0) is 30.2 Å². The van der Waals surface area contributed by atoms with Crippen LogP contribution in [0.1, 0.15) is 30.9 Å². The minimum absolute atomic E-state index is 0.107. The van der Waals surface area contributed by atoms with Gasteiger partial charge in [-0.25, -0.2) is 0 Å². The summed E-state index contributed by atoms with van der Waals surface area (Å²) in [5.74, 6) is 0. The third-order valence-electron chi connectivity index (χ3n) is 2.90. The molecular weight excluding hydrogens is 241 g/mol. The van der Waals surface area contributed by atoms with Gasteiger partial charge in [-0.3, -0.25) is 0 Å². The molecule has 2 nitrogen and oxygen atoms in total. The van der Waals surface area contributed by atoms with Crippen molar-refractivity contribution >= 4 is 5.69 Å². The van der Waals surface area contributed by atoms with Crippen LogP contribution in [0.2, 0.25) is 0 Å². The van der Waals surface area contributed by atoms with Gasteiger partial charge in [0.2, 0.25) is 0 Å². The van der Waals surface area contributed by atoms with E-state index in [2.05, 4.69) is 6.92 Å². The molecule has 0 bridgehead atoms. The number of benzene rings is 1. The summed E-state index contributed by atoms with van der Waals surface area (Å²) in [6, 6.07) is 4.14. The number of hydrogen-bond donors (Lipinski definition) is 1. The largest absolute Gasteiger partial charge is 0.416 e. The first-order chi connectivity index (χ1) is 8.40. The second kappa shape index (κ2) is 6.09. The van der Waals surface area contributed by atoms with E-state index in [1.807, 2.05) is 11.9 Å². The first-order valence-electron chi connectivity index (χ1n) is 6.01. The van der Waals surface area contributed by atoms with Gasteiger partial charge < -0.3 is 10.6 Å². The third kappa shape index (κ3) is 3.63. The maximum atomic E-state index is 12.7. The molecule has 18 heavy (non-hydrogen) atoms. The third-order valence-corrected chi connectivity index (χ3v) is 2.90. The van der Waals surface area contributed by atoms with Gasteiger partial charge in [0.1, 0.15) is 0 Å². The highest BCUT2D eigenvalue weighted by molar-refractivity contribution is 5.51. The van der Waals surface area contributed by atoms with Crippen molar-refractivity contribution in [1.82, 2.24) is 0 Å². The number of halogens is 3. The zero-order chi connectivity index (χ0) is 13.8. The summed E-state index contributed by atoms with van der Waals surface area (Å²) >= 11 is 0. The summed E-state index contributed by atoms with van der Waals surface area (Å²) < 4.78 is 38.1. The van der Waals surface area contributed by atoms with E-state index in [1.165, 1.54) is 12.1 Å². The van der Waals surface area contributed by atoms with E-state index in [-0.39, 0.29) is 12.1 Å². The Bertz CT molecular complexity index is 388. The highest BCUT2D eigenvalue weighted by atomic mass is 19.4. The molecule has 0 aliphatic carbocycles. The molecule has 0 fully saturated rings. The molecule has 0 atom stereocenters. The van der Waals surface area contributed by atoms with Crippen LogP contribution in [0.15, 0.2) is 18.2 Å². The van der Waals surface area contributed by atoms with E-state index >= 15 is 0 Å². The topological polar surface area (TPSA) is 29.3 Å². The van der Waals surface area contributed by atoms with Crippen molar-refractivity contribution < 1.29 is 13.2 Å². The van der Waals surface area contributed by atoms with Gasteiger partial charge in [-0.1, -0.05) is 13.3 Å². The first kappa shape index (κ1) is 14.8. The molecule has 0 amide bonds. The molecule has 0 heterocycles. The fourth-order valence-electron chi connectivity index (χ4n) is 1.79. The summed E-state index contributed by atoms with van der Waals surface area (Å²) in [5, 5.41) is 0. The molecule has 0 spiro atoms. The van der Waals surface area contributed by atoms with Crippen LogP contribution in [-0.2, 0) is 12.7 Å². The van der Waals surface area contributed by atoms with Crippen LogP contribution in [-0.4, -0.2) is 13.6 Å². The molecule has 1 aromatic carbocycles. The van der Waals surface area contributed by atoms with Gasteiger partial charge in [-0.15, -0.1) is 0 Å². The second-order valence-electron chi connectivity index (χ2n) is 4.32. The van der Waals surface area contributed by atoms with Crippen LogP contribution in [0.25, 0.3) is 0 Å². The lowest BCUT2D eigenvalue weighted by Crippen LogP contribution is -2.20. The van der Waals surface area contributed by atoms with E-state index in [1.54, 1.807) is 0 Å². The molecule has 1 rings (SSSR count). The van der Waals surface area contributed by atoms with Crippen LogP contribution in [0.3, 0.4) is 0 Å². The molecule has 0 aromatic heterocycles. The van der Waals surface area contributed by atoms with Gasteiger partial charge in [-0.2, -0.15) is 13.2 Å². The van der Waals surface area contributed by atoms with E-state index in [0.29, 0.717) is 0 Å². The minimum Gasteiger partial charge on any atom is -0.375 e. The van der Waals surface area contributed by atoms with Crippen molar-refractivity contribution in [2.45, 2.75) is 32.5 Å². The van der Waals surface area contributed by atoms with E-state index < -0.39 is 11.7 Å². The normalized spacial score (nSPS) is 11.7. The minimum atomic E-state index is -4.34. The Morgan fingerprint density at radius 3 is 2.44 bits per heavy atom. The summed E-state index contributed by atoms with van der Waals surface area (Å²) in [7, 11) is 1.87. The zero-order valence-corrected chi connectivity index (χ0v) is 10.7. The van der Waals surface area contributed by atoms with Gasteiger partial charge >= 0.3 is 6.18 Å². The van der Waals surface area contributed by atoms with E-state index in [4.69, 9.17) is 5.73 Å². The van der Waals surface area contributed by atoms with Crippen LogP contribution in [0.4, 0.5) is 18.9 Å². The highest BCUT2D eigenvalue weighted by Gasteiger charge is 2.32. The van der Waals surface area contributed by atoms with E-state index in [0.717, 1.165) is 31.1 Å². The molecule has 0 aliphatic heterocycles. The van der Waals surface area contributed by atoms with Crippen molar-refractivity contribution in [2.75, 3.05) is 18.5 Å². The fourth-order valence-corrected chi connectivity index (χ4v) is 1.79. The number of unbranched alkanes of at least 4 members (excludes halogenated alkanes) is 1. The maximum absolute atomic E-state index is 12.7. The molecule has 2 N–H and O–H groups in total. The van der Waals surface area contributed by atoms with Gasteiger partial charge in [0.15, 0.2) is 0 Å². The Hall–Kier alpha value is -1.23. The standard InChI is InChI=1S/C13H19F3N2/c1-3-4-7-18(2)11-5-6-12(13(14,15)16)10(8-11)9-17/h5-6,8H,3-4,7,9,17H2,1-2H3. The van der Waals surface area contributed by atoms with Crippen LogP contribution in [0.5, 0.6) is 0 Å². The van der Waals surface area contributed by atoms with Crippen LogP contribution >= 0.6 is 0 Å². The second-order valence-corrected chi connectivity index (χ2v) is 4.32. The highest BCUT2D eigenvalue weighted by Crippen LogP contribution is 2.33. The SMILES string of the molecule is CCCCN(C)c1ccc(C(F)(F)F)c(CN)c1. The Morgan fingerprint density at radius 1 is 1.28 bits per heavy atom. The van der Waals surface area contributed by atoms with Gasteiger partial charge in [0.05, 0.1) is 5.56 Å². The maximum Gasteiger partial charge on any atom is 0.416 e. The average Bonchev–Trinajstić information content (AvgIpc) is 2.33.